The number of para-hydroxylation sites is 1. The summed E-state index contributed by atoms with van der Waals surface area (Å²) < 4.78 is 1.49. The maximum absolute atomic E-state index is 11.2. The maximum Gasteiger partial charge on any atom is 0.373 e. The first-order valence-corrected chi connectivity index (χ1v) is 7.03. The van der Waals surface area contributed by atoms with Crippen molar-refractivity contribution in [1.29, 1.82) is 0 Å². The van der Waals surface area contributed by atoms with Gasteiger partial charge in [0.25, 0.3) is 4.96 Å². The van der Waals surface area contributed by atoms with Crippen LogP contribution in [0.2, 0.25) is 0 Å². The predicted octanol–water partition coefficient (Wildman–Crippen LogP) is 3.61. The number of hydrogen-bond acceptors (Lipinski definition) is 5. The maximum atomic E-state index is 11.2. The Morgan fingerprint density at radius 2 is 2.25 bits per heavy atom. The van der Waals surface area contributed by atoms with Crippen molar-refractivity contribution in [3.8, 4) is 0 Å². The van der Waals surface area contributed by atoms with Crippen LogP contribution in [-0.2, 0) is 6.42 Å². The summed E-state index contributed by atoms with van der Waals surface area (Å²) in [5.74, 6) is 0.245. The van der Waals surface area contributed by atoms with Crippen LogP contribution in [0.3, 0.4) is 0 Å². The number of thiazole rings is 1. The molecular weight excluding hydrogens is 276 g/mol. The third-order valence-electron chi connectivity index (χ3n) is 3.06. The van der Waals surface area contributed by atoms with Crippen molar-refractivity contribution in [2.24, 2.45) is 0 Å². The van der Waals surface area contributed by atoms with Gasteiger partial charge in [0.15, 0.2) is 0 Å². The minimum absolute atomic E-state index is 0.0350. The van der Waals surface area contributed by atoms with Gasteiger partial charge in [0.1, 0.15) is 6.20 Å². The molecule has 7 heteroatoms. The number of rotatable bonds is 4. The number of fused-ring (bicyclic) bond motifs is 1. The second-order valence-electron chi connectivity index (χ2n) is 4.23. The van der Waals surface area contributed by atoms with E-state index in [4.69, 9.17) is 0 Å². The van der Waals surface area contributed by atoms with Gasteiger partial charge >= 0.3 is 5.82 Å². The van der Waals surface area contributed by atoms with Gasteiger partial charge in [-0.15, -0.1) is 0 Å². The van der Waals surface area contributed by atoms with Crippen LogP contribution in [0, 0.1) is 10.1 Å². The average molecular weight is 288 g/mol. The number of nitro groups is 1. The molecule has 6 nitrogen and oxygen atoms in total. The molecule has 0 saturated carbocycles. The average Bonchev–Trinajstić information content (AvgIpc) is 2.99. The van der Waals surface area contributed by atoms with Crippen molar-refractivity contribution in [2.45, 2.75) is 13.3 Å². The van der Waals surface area contributed by atoms with Gasteiger partial charge in [-0.25, -0.2) is 0 Å². The molecule has 0 radical (unpaired) electrons. The van der Waals surface area contributed by atoms with Gasteiger partial charge in [-0.1, -0.05) is 36.5 Å². The Morgan fingerprint density at radius 3 is 3.00 bits per heavy atom. The number of aryl methyl sites for hydroxylation is 1. The quantitative estimate of drug-likeness (QED) is 0.588. The Morgan fingerprint density at radius 1 is 1.45 bits per heavy atom. The molecule has 0 aliphatic rings. The van der Waals surface area contributed by atoms with E-state index in [9.17, 15) is 10.1 Å². The third kappa shape index (κ3) is 2.01. The Balaban J connectivity index is 2.08. The molecule has 0 aliphatic carbocycles. The van der Waals surface area contributed by atoms with E-state index in [0.717, 1.165) is 17.7 Å². The van der Waals surface area contributed by atoms with E-state index in [1.807, 2.05) is 31.2 Å². The van der Waals surface area contributed by atoms with Crippen LogP contribution >= 0.6 is 11.3 Å². The fourth-order valence-electron chi connectivity index (χ4n) is 2.11. The molecular formula is C13H12N4O2S. The van der Waals surface area contributed by atoms with Crippen molar-refractivity contribution >= 4 is 33.6 Å². The number of hydrogen-bond donors (Lipinski definition) is 1. The van der Waals surface area contributed by atoms with Crippen LogP contribution in [0.4, 0.5) is 17.3 Å². The molecule has 0 saturated heterocycles. The highest BCUT2D eigenvalue weighted by Crippen LogP contribution is 2.31. The zero-order valence-corrected chi connectivity index (χ0v) is 11.6. The van der Waals surface area contributed by atoms with E-state index < -0.39 is 4.92 Å². The van der Waals surface area contributed by atoms with Crippen molar-refractivity contribution in [1.82, 2.24) is 9.38 Å². The highest BCUT2D eigenvalue weighted by atomic mass is 32.1. The summed E-state index contributed by atoms with van der Waals surface area (Å²) in [7, 11) is 0. The molecule has 102 valence electrons. The van der Waals surface area contributed by atoms with E-state index in [1.54, 1.807) is 11.6 Å². The Bertz CT molecular complexity index is 778. The van der Waals surface area contributed by atoms with Crippen LogP contribution in [-0.4, -0.2) is 14.3 Å². The lowest BCUT2D eigenvalue weighted by Gasteiger charge is -2.08. The van der Waals surface area contributed by atoms with Crippen LogP contribution in [0.25, 0.3) is 4.96 Å². The Kier molecular flexibility index (Phi) is 3.11. The number of benzene rings is 1. The SMILES string of the molecule is CCc1ccccc1Nc1nc2sccn2c1[N+](=O)[O-]. The van der Waals surface area contributed by atoms with Crippen LogP contribution in [0.5, 0.6) is 0 Å². The minimum Gasteiger partial charge on any atom is -0.358 e. The highest BCUT2D eigenvalue weighted by molar-refractivity contribution is 7.15. The van der Waals surface area contributed by atoms with Crippen LogP contribution in [0.1, 0.15) is 12.5 Å². The second-order valence-corrected chi connectivity index (χ2v) is 5.11. The Hall–Kier alpha value is -2.41. The van der Waals surface area contributed by atoms with E-state index in [0.29, 0.717) is 4.96 Å². The van der Waals surface area contributed by atoms with Crippen LogP contribution < -0.4 is 5.32 Å². The van der Waals surface area contributed by atoms with E-state index >= 15 is 0 Å². The molecule has 0 aliphatic heterocycles. The summed E-state index contributed by atoms with van der Waals surface area (Å²) in [6, 6.07) is 7.73. The molecule has 20 heavy (non-hydrogen) atoms. The summed E-state index contributed by atoms with van der Waals surface area (Å²) in [5.41, 5.74) is 1.95. The molecule has 0 spiro atoms. The number of anilines is 2. The summed E-state index contributed by atoms with van der Waals surface area (Å²) in [6.07, 6.45) is 2.50. The highest BCUT2D eigenvalue weighted by Gasteiger charge is 2.23. The monoisotopic (exact) mass is 288 g/mol. The summed E-state index contributed by atoms with van der Waals surface area (Å²) >= 11 is 1.37. The zero-order chi connectivity index (χ0) is 14.1. The first kappa shape index (κ1) is 12.6. The lowest BCUT2D eigenvalue weighted by Crippen LogP contribution is -2.00. The van der Waals surface area contributed by atoms with Crippen molar-refractivity contribution in [3.63, 3.8) is 0 Å². The lowest BCUT2D eigenvalue weighted by atomic mass is 10.1. The van der Waals surface area contributed by atoms with Gasteiger partial charge in [-0.3, -0.25) is 0 Å². The van der Waals surface area contributed by atoms with E-state index in [-0.39, 0.29) is 11.6 Å². The molecule has 3 rings (SSSR count). The fraction of sp³-hybridized carbons (Fsp3) is 0.154. The molecule has 2 heterocycles. The fourth-order valence-corrected chi connectivity index (χ4v) is 2.82. The van der Waals surface area contributed by atoms with Crippen LogP contribution in [0.15, 0.2) is 35.8 Å². The molecule has 1 N–H and O–H groups in total. The summed E-state index contributed by atoms with van der Waals surface area (Å²) in [5, 5.41) is 16.1. The van der Waals surface area contributed by atoms with Gasteiger partial charge in [0.2, 0.25) is 5.82 Å². The first-order valence-electron chi connectivity index (χ1n) is 6.15. The number of imidazole rings is 1. The lowest BCUT2D eigenvalue weighted by molar-refractivity contribution is -0.389. The standard InChI is InChI=1S/C13H12N4O2S/c1-2-9-5-3-4-6-10(9)14-11-12(17(18)19)16-7-8-20-13(16)15-11/h3-8,14H,2H2,1H3. The van der Waals surface area contributed by atoms with Gasteiger partial charge in [0.05, 0.1) is 0 Å². The first-order chi connectivity index (χ1) is 9.70. The number of nitrogens with one attached hydrogen (secondary N) is 1. The Labute approximate surface area is 118 Å². The van der Waals surface area contributed by atoms with Gasteiger partial charge < -0.3 is 15.4 Å². The topological polar surface area (TPSA) is 72.5 Å². The molecule has 0 unspecified atom stereocenters. The molecule has 3 aromatic rings. The minimum atomic E-state index is -0.413. The van der Waals surface area contributed by atoms with Gasteiger partial charge in [0, 0.05) is 11.1 Å². The molecule has 1 aromatic carbocycles. The third-order valence-corrected chi connectivity index (χ3v) is 3.82. The normalized spacial score (nSPS) is 10.8. The molecule has 2 aromatic heterocycles. The van der Waals surface area contributed by atoms with Gasteiger partial charge in [-0.05, 0) is 23.0 Å². The number of aromatic nitrogens is 2. The molecule has 0 atom stereocenters. The van der Waals surface area contributed by atoms with Gasteiger partial charge in [-0.2, -0.15) is 9.38 Å². The molecule has 0 amide bonds. The molecule has 0 fully saturated rings. The van der Waals surface area contributed by atoms with Crippen molar-refractivity contribution in [3.05, 3.63) is 51.5 Å². The molecule has 0 bridgehead atoms. The van der Waals surface area contributed by atoms with Crippen molar-refractivity contribution < 1.29 is 4.92 Å². The smallest absolute Gasteiger partial charge is 0.358 e. The van der Waals surface area contributed by atoms with E-state index in [2.05, 4.69) is 10.3 Å². The largest absolute Gasteiger partial charge is 0.373 e. The number of nitrogens with zero attached hydrogens (tertiary/aromatic N) is 3. The summed E-state index contributed by atoms with van der Waals surface area (Å²) in [6.45, 7) is 2.04. The van der Waals surface area contributed by atoms with E-state index in [1.165, 1.54) is 15.7 Å². The second kappa shape index (κ2) is 4.93. The van der Waals surface area contributed by atoms with Crippen molar-refractivity contribution in [2.75, 3.05) is 5.32 Å². The summed E-state index contributed by atoms with van der Waals surface area (Å²) in [4.78, 5) is 15.7. The zero-order valence-electron chi connectivity index (χ0n) is 10.7. The predicted molar refractivity (Wildman–Crippen MR) is 78.8 cm³/mol.